The fourth-order valence-electron chi connectivity index (χ4n) is 5.14. The SMILES string of the molecule is CCOC1CN(c2cc(-c3cc(F)cc(-c4ccc(N(C=O)/C=C\N(C)C)c(Cl)c4)c3O)ccn2)C[C@@H]1CN(C)C. The number of benzene rings is 2. The molecule has 1 aliphatic heterocycles. The second kappa shape index (κ2) is 13.3. The Morgan fingerprint density at radius 1 is 1.07 bits per heavy atom. The minimum Gasteiger partial charge on any atom is -0.507 e. The molecule has 1 fully saturated rings. The molecule has 218 valence electrons. The summed E-state index contributed by atoms with van der Waals surface area (Å²) in [6.45, 7) is 5.02. The lowest BCUT2D eigenvalue weighted by molar-refractivity contribution is -0.106. The number of ether oxygens (including phenoxy) is 1. The van der Waals surface area contributed by atoms with Gasteiger partial charge in [0.05, 0.1) is 16.8 Å². The van der Waals surface area contributed by atoms with Gasteiger partial charge in [-0.3, -0.25) is 9.69 Å². The van der Waals surface area contributed by atoms with Crippen molar-refractivity contribution in [1.29, 1.82) is 0 Å². The van der Waals surface area contributed by atoms with E-state index in [1.807, 2.05) is 27.1 Å². The van der Waals surface area contributed by atoms with Crippen LogP contribution in [0.25, 0.3) is 22.3 Å². The molecule has 2 aromatic carbocycles. The third-order valence-electron chi connectivity index (χ3n) is 6.99. The summed E-state index contributed by atoms with van der Waals surface area (Å²) < 4.78 is 21.0. The molecule has 2 atom stereocenters. The number of hydrogen-bond acceptors (Lipinski definition) is 7. The molecule has 0 aliphatic carbocycles. The van der Waals surface area contributed by atoms with Crippen molar-refractivity contribution in [3.05, 3.63) is 71.9 Å². The number of pyridine rings is 1. The molecule has 1 aromatic heterocycles. The Morgan fingerprint density at radius 2 is 1.78 bits per heavy atom. The van der Waals surface area contributed by atoms with Crippen molar-refractivity contribution in [3.63, 3.8) is 0 Å². The van der Waals surface area contributed by atoms with Gasteiger partial charge < -0.3 is 24.5 Å². The van der Waals surface area contributed by atoms with E-state index >= 15 is 0 Å². The van der Waals surface area contributed by atoms with Crippen LogP contribution in [0.3, 0.4) is 0 Å². The van der Waals surface area contributed by atoms with E-state index in [4.69, 9.17) is 16.3 Å². The second-order valence-corrected chi connectivity index (χ2v) is 11.0. The molecule has 1 unspecified atom stereocenters. The van der Waals surface area contributed by atoms with Gasteiger partial charge in [0, 0.05) is 76.0 Å². The number of hydrogen-bond donors (Lipinski definition) is 1. The third-order valence-corrected chi connectivity index (χ3v) is 7.30. The van der Waals surface area contributed by atoms with E-state index in [-0.39, 0.29) is 22.4 Å². The first-order valence-electron chi connectivity index (χ1n) is 13.5. The lowest BCUT2D eigenvalue weighted by Crippen LogP contribution is -2.31. The van der Waals surface area contributed by atoms with Crippen molar-refractivity contribution < 1.29 is 19.0 Å². The van der Waals surface area contributed by atoms with Gasteiger partial charge in [0.15, 0.2) is 0 Å². The molecule has 3 aromatic rings. The fourth-order valence-corrected chi connectivity index (χ4v) is 5.41. The molecule has 0 bridgehead atoms. The van der Waals surface area contributed by atoms with Crippen molar-refractivity contribution in [2.24, 2.45) is 5.92 Å². The first-order valence-corrected chi connectivity index (χ1v) is 13.9. The van der Waals surface area contributed by atoms with Gasteiger partial charge in [-0.15, -0.1) is 0 Å². The predicted molar refractivity (Wildman–Crippen MR) is 163 cm³/mol. The number of nitrogens with zero attached hydrogens (tertiary/aromatic N) is 5. The van der Waals surface area contributed by atoms with Crippen molar-refractivity contribution in [2.45, 2.75) is 13.0 Å². The van der Waals surface area contributed by atoms with Crippen LogP contribution in [-0.4, -0.2) is 86.8 Å². The number of amides is 1. The lowest BCUT2D eigenvalue weighted by atomic mass is 9.97. The van der Waals surface area contributed by atoms with Crippen molar-refractivity contribution in [2.75, 3.05) is 64.2 Å². The van der Waals surface area contributed by atoms with E-state index in [0.717, 1.165) is 18.9 Å². The maximum atomic E-state index is 15.0. The van der Waals surface area contributed by atoms with Gasteiger partial charge in [-0.2, -0.15) is 0 Å². The van der Waals surface area contributed by atoms with E-state index in [0.29, 0.717) is 47.9 Å². The zero-order chi connectivity index (χ0) is 29.7. The van der Waals surface area contributed by atoms with Crippen molar-refractivity contribution in [1.82, 2.24) is 14.8 Å². The number of phenols is 1. The summed E-state index contributed by atoms with van der Waals surface area (Å²) >= 11 is 6.54. The quantitative estimate of drug-likeness (QED) is 0.308. The minimum absolute atomic E-state index is 0.0776. The van der Waals surface area contributed by atoms with Gasteiger partial charge in [0.1, 0.15) is 17.4 Å². The Labute approximate surface area is 246 Å². The van der Waals surface area contributed by atoms with Crippen molar-refractivity contribution in [3.8, 4) is 28.0 Å². The molecule has 10 heteroatoms. The smallest absolute Gasteiger partial charge is 0.218 e. The number of aromatic nitrogens is 1. The van der Waals surface area contributed by atoms with Crippen LogP contribution in [0.15, 0.2) is 61.1 Å². The normalized spacial score (nSPS) is 17.0. The van der Waals surface area contributed by atoms with E-state index in [9.17, 15) is 14.3 Å². The van der Waals surface area contributed by atoms with E-state index in [1.54, 1.807) is 47.8 Å². The molecule has 1 N–H and O–H groups in total. The number of carbonyl (C=O) groups is 1. The topological polar surface area (TPSA) is 72.4 Å². The maximum Gasteiger partial charge on any atom is 0.218 e. The summed E-state index contributed by atoms with van der Waals surface area (Å²) in [7, 11) is 7.78. The Morgan fingerprint density at radius 3 is 2.39 bits per heavy atom. The fraction of sp³-hybridized carbons (Fsp3) is 0.355. The molecule has 1 aliphatic rings. The van der Waals surface area contributed by atoms with Crippen LogP contribution in [0.1, 0.15) is 6.92 Å². The number of rotatable bonds is 11. The number of phenolic OH excluding ortho intramolecular Hbond substituents is 1. The summed E-state index contributed by atoms with van der Waals surface area (Å²) in [5.41, 5.74) is 2.25. The number of halogens is 2. The Bertz CT molecular complexity index is 1400. The van der Waals surface area contributed by atoms with Gasteiger partial charge in [0.25, 0.3) is 0 Å². The van der Waals surface area contributed by atoms with Gasteiger partial charge in [-0.25, -0.2) is 9.37 Å². The van der Waals surface area contributed by atoms with Gasteiger partial charge in [-0.05, 0) is 68.5 Å². The van der Waals surface area contributed by atoms with Crippen LogP contribution < -0.4 is 9.80 Å². The molecule has 41 heavy (non-hydrogen) atoms. The first-order chi connectivity index (χ1) is 19.6. The number of carbonyl (C=O) groups excluding carboxylic acids is 1. The van der Waals surface area contributed by atoms with Gasteiger partial charge in [-0.1, -0.05) is 17.7 Å². The molecular formula is C31H37ClFN5O3. The van der Waals surface area contributed by atoms with Gasteiger partial charge >= 0.3 is 0 Å². The van der Waals surface area contributed by atoms with Crippen LogP contribution in [0.5, 0.6) is 5.75 Å². The molecule has 0 spiro atoms. The highest BCUT2D eigenvalue weighted by atomic mass is 35.5. The monoisotopic (exact) mass is 581 g/mol. The Hall–Kier alpha value is -3.66. The highest BCUT2D eigenvalue weighted by molar-refractivity contribution is 6.34. The molecule has 8 nitrogen and oxygen atoms in total. The number of aromatic hydroxyl groups is 1. The van der Waals surface area contributed by atoms with Crippen LogP contribution in [0.4, 0.5) is 15.9 Å². The lowest BCUT2D eigenvalue weighted by Gasteiger charge is -2.21. The molecule has 1 saturated heterocycles. The molecule has 2 heterocycles. The summed E-state index contributed by atoms with van der Waals surface area (Å²) in [5.74, 6) is 0.487. The van der Waals surface area contributed by atoms with Crippen LogP contribution in [0.2, 0.25) is 5.02 Å². The summed E-state index contributed by atoms with van der Waals surface area (Å²) in [6.07, 6.45) is 5.72. The maximum absolute atomic E-state index is 15.0. The predicted octanol–water partition coefficient (Wildman–Crippen LogP) is 5.31. The molecular weight excluding hydrogens is 545 g/mol. The third kappa shape index (κ3) is 7.16. The zero-order valence-electron chi connectivity index (χ0n) is 24.1. The van der Waals surface area contributed by atoms with Crippen LogP contribution >= 0.6 is 11.6 Å². The second-order valence-electron chi connectivity index (χ2n) is 10.6. The zero-order valence-corrected chi connectivity index (χ0v) is 24.8. The Kier molecular flexibility index (Phi) is 9.86. The van der Waals surface area contributed by atoms with E-state index < -0.39 is 5.82 Å². The average Bonchev–Trinajstić information content (AvgIpc) is 3.32. The highest BCUT2D eigenvalue weighted by Gasteiger charge is 2.34. The number of anilines is 2. The first kappa shape index (κ1) is 30.3. The summed E-state index contributed by atoms with van der Waals surface area (Å²) in [5, 5.41) is 11.6. The van der Waals surface area contributed by atoms with Gasteiger partial charge in [0.2, 0.25) is 6.41 Å². The molecule has 0 radical (unpaired) electrons. The van der Waals surface area contributed by atoms with E-state index in [1.165, 1.54) is 17.0 Å². The van der Waals surface area contributed by atoms with Crippen LogP contribution in [0, 0.1) is 11.7 Å². The van der Waals surface area contributed by atoms with Crippen LogP contribution in [-0.2, 0) is 9.53 Å². The van der Waals surface area contributed by atoms with Crippen molar-refractivity contribution >= 4 is 29.5 Å². The highest BCUT2D eigenvalue weighted by Crippen LogP contribution is 2.41. The molecule has 4 rings (SSSR count). The Balaban J connectivity index is 1.66. The minimum atomic E-state index is -0.501. The largest absolute Gasteiger partial charge is 0.507 e. The average molecular weight is 582 g/mol. The standard InChI is InChI=1S/C31H37ClFN5O3/c1-6-41-29-19-38(18-23(29)17-36(4)5)30-14-22(9-10-34-30)26-16-24(33)15-25(31(26)40)21-7-8-28(27(32)13-21)37(20-39)12-11-35(2)3/h7-16,20,23,29,40H,6,17-19H2,1-5H3/b12-11-/t23-,29?/m0/s1. The van der Waals surface area contributed by atoms with E-state index in [2.05, 4.69) is 28.9 Å². The summed E-state index contributed by atoms with van der Waals surface area (Å²) in [4.78, 5) is 23.7. The molecule has 1 amide bonds. The molecule has 0 saturated carbocycles. The summed E-state index contributed by atoms with van der Waals surface area (Å²) in [6, 6.07) is 11.2.